The third-order valence-electron chi connectivity index (χ3n) is 3.20. The van der Waals surface area contributed by atoms with Gasteiger partial charge in [0.2, 0.25) is 11.5 Å². The zero-order valence-corrected chi connectivity index (χ0v) is 11.5. The summed E-state index contributed by atoms with van der Waals surface area (Å²) in [5, 5.41) is 7.73. The SMILES string of the molecule is Cc1cc(=O)[nH]c2cc(NC(=O)Cn3cccn3)ccc12. The van der Waals surface area contributed by atoms with Crippen molar-refractivity contribution in [1.29, 1.82) is 0 Å². The molecule has 1 amide bonds. The van der Waals surface area contributed by atoms with Crippen molar-refractivity contribution in [2.24, 2.45) is 0 Å². The second-order valence-corrected chi connectivity index (χ2v) is 4.83. The van der Waals surface area contributed by atoms with Crippen LogP contribution in [0.4, 0.5) is 5.69 Å². The van der Waals surface area contributed by atoms with Gasteiger partial charge in [0.25, 0.3) is 0 Å². The lowest BCUT2D eigenvalue weighted by atomic mass is 10.1. The molecule has 0 saturated carbocycles. The molecule has 0 unspecified atom stereocenters. The molecule has 21 heavy (non-hydrogen) atoms. The Morgan fingerprint density at radius 1 is 1.38 bits per heavy atom. The summed E-state index contributed by atoms with van der Waals surface area (Å²) < 4.78 is 1.54. The highest BCUT2D eigenvalue weighted by Gasteiger charge is 2.06. The number of aryl methyl sites for hydroxylation is 1. The van der Waals surface area contributed by atoms with Gasteiger partial charge in [-0.15, -0.1) is 0 Å². The predicted octanol–water partition coefficient (Wildman–Crippen LogP) is 1.67. The van der Waals surface area contributed by atoms with Crippen LogP contribution < -0.4 is 10.9 Å². The number of nitrogens with zero attached hydrogens (tertiary/aromatic N) is 2. The number of rotatable bonds is 3. The van der Waals surface area contributed by atoms with Crippen LogP contribution in [-0.4, -0.2) is 20.7 Å². The van der Waals surface area contributed by atoms with E-state index in [2.05, 4.69) is 15.4 Å². The van der Waals surface area contributed by atoms with Crippen molar-refractivity contribution in [3.8, 4) is 0 Å². The summed E-state index contributed by atoms with van der Waals surface area (Å²) in [7, 11) is 0. The van der Waals surface area contributed by atoms with Gasteiger partial charge in [0.1, 0.15) is 6.54 Å². The largest absolute Gasteiger partial charge is 0.324 e. The molecule has 0 fully saturated rings. The molecule has 6 nitrogen and oxygen atoms in total. The van der Waals surface area contributed by atoms with Crippen LogP contribution in [0.15, 0.2) is 47.5 Å². The lowest BCUT2D eigenvalue weighted by Gasteiger charge is -2.07. The van der Waals surface area contributed by atoms with Gasteiger partial charge in [-0.05, 0) is 30.7 Å². The van der Waals surface area contributed by atoms with E-state index in [4.69, 9.17) is 0 Å². The van der Waals surface area contributed by atoms with Crippen LogP contribution in [0.5, 0.6) is 0 Å². The van der Waals surface area contributed by atoms with E-state index in [1.54, 1.807) is 35.3 Å². The Morgan fingerprint density at radius 3 is 3.00 bits per heavy atom. The average molecular weight is 282 g/mol. The number of aromatic amines is 1. The highest BCUT2D eigenvalue weighted by atomic mass is 16.2. The third-order valence-corrected chi connectivity index (χ3v) is 3.20. The summed E-state index contributed by atoms with van der Waals surface area (Å²) in [4.78, 5) is 26.2. The first-order chi connectivity index (χ1) is 10.1. The number of carbonyl (C=O) groups is 1. The summed E-state index contributed by atoms with van der Waals surface area (Å²) in [6, 6.07) is 8.76. The first-order valence-corrected chi connectivity index (χ1v) is 6.53. The standard InChI is InChI=1S/C15H14N4O2/c1-10-7-14(20)18-13-8-11(3-4-12(10)13)17-15(21)9-19-6-2-5-16-19/h2-8H,9H2,1H3,(H,17,21)(H,18,20). The van der Waals surface area contributed by atoms with Gasteiger partial charge in [0.15, 0.2) is 0 Å². The molecule has 6 heteroatoms. The number of hydrogen-bond acceptors (Lipinski definition) is 3. The van der Waals surface area contributed by atoms with E-state index in [1.807, 2.05) is 19.1 Å². The minimum atomic E-state index is -0.173. The van der Waals surface area contributed by atoms with E-state index < -0.39 is 0 Å². The fraction of sp³-hybridized carbons (Fsp3) is 0.133. The Bertz CT molecular complexity index is 850. The summed E-state index contributed by atoms with van der Waals surface area (Å²) >= 11 is 0. The Balaban J connectivity index is 1.84. The van der Waals surface area contributed by atoms with Crippen LogP contribution in [0.1, 0.15) is 5.56 Å². The van der Waals surface area contributed by atoms with Gasteiger partial charge in [0.05, 0.1) is 5.52 Å². The first kappa shape index (κ1) is 13.1. The van der Waals surface area contributed by atoms with Crippen LogP contribution in [0.25, 0.3) is 10.9 Å². The molecule has 0 aliphatic heterocycles. The molecule has 0 aliphatic carbocycles. The molecule has 2 heterocycles. The summed E-state index contributed by atoms with van der Waals surface area (Å²) in [6.07, 6.45) is 3.34. The van der Waals surface area contributed by atoms with Gasteiger partial charge in [-0.3, -0.25) is 14.3 Å². The van der Waals surface area contributed by atoms with E-state index in [1.165, 1.54) is 0 Å². The number of carbonyl (C=O) groups excluding carboxylic acids is 1. The maximum absolute atomic E-state index is 11.9. The minimum Gasteiger partial charge on any atom is -0.324 e. The van der Waals surface area contributed by atoms with Gasteiger partial charge in [-0.25, -0.2) is 0 Å². The van der Waals surface area contributed by atoms with Gasteiger partial charge in [-0.2, -0.15) is 5.10 Å². The fourth-order valence-corrected chi connectivity index (χ4v) is 2.25. The molecule has 0 aliphatic rings. The molecule has 3 rings (SSSR count). The van der Waals surface area contributed by atoms with Crippen molar-refractivity contribution in [3.63, 3.8) is 0 Å². The van der Waals surface area contributed by atoms with E-state index in [0.717, 1.165) is 10.9 Å². The molecule has 0 radical (unpaired) electrons. The van der Waals surface area contributed by atoms with Crippen molar-refractivity contribution in [2.45, 2.75) is 13.5 Å². The highest BCUT2D eigenvalue weighted by molar-refractivity contribution is 5.93. The lowest BCUT2D eigenvalue weighted by molar-refractivity contribution is -0.116. The van der Waals surface area contributed by atoms with Crippen molar-refractivity contribution >= 4 is 22.5 Å². The predicted molar refractivity (Wildman–Crippen MR) is 80.2 cm³/mol. The number of amides is 1. The number of nitrogens with one attached hydrogen (secondary N) is 2. The first-order valence-electron chi connectivity index (χ1n) is 6.53. The molecular formula is C15H14N4O2. The smallest absolute Gasteiger partial charge is 0.248 e. The van der Waals surface area contributed by atoms with Crippen LogP contribution in [0, 0.1) is 6.92 Å². The maximum Gasteiger partial charge on any atom is 0.248 e. The summed E-state index contributed by atoms with van der Waals surface area (Å²) in [6.45, 7) is 2.03. The molecule has 2 N–H and O–H groups in total. The monoisotopic (exact) mass is 282 g/mol. The molecule has 0 spiro atoms. The number of anilines is 1. The number of hydrogen-bond donors (Lipinski definition) is 2. The summed E-state index contributed by atoms with van der Waals surface area (Å²) in [5.74, 6) is -0.173. The minimum absolute atomic E-state index is 0.148. The Labute approximate surface area is 120 Å². The van der Waals surface area contributed by atoms with E-state index in [-0.39, 0.29) is 18.0 Å². The topological polar surface area (TPSA) is 79.8 Å². The van der Waals surface area contributed by atoms with Crippen molar-refractivity contribution in [3.05, 3.63) is 58.6 Å². The second kappa shape index (κ2) is 5.24. The van der Waals surface area contributed by atoms with Crippen LogP contribution >= 0.6 is 0 Å². The third kappa shape index (κ3) is 2.84. The molecule has 1 aromatic carbocycles. The Hall–Kier alpha value is -2.89. The van der Waals surface area contributed by atoms with Gasteiger partial charge in [-0.1, -0.05) is 6.07 Å². The van der Waals surface area contributed by atoms with E-state index in [0.29, 0.717) is 11.2 Å². The molecule has 3 aromatic rings. The zero-order chi connectivity index (χ0) is 14.8. The van der Waals surface area contributed by atoms with E-state index in [9.17, 15) is 9.59 Å². The second-order valence-electron chi connectivity index (χ2n) is 4.83. The number of fused-ring (bicyclic) bond motifs is 1. The number of pyridine rings is 1. The normalized spacial score (nSPS) is 10.7. The van der Waals surface area contributed by atoms with E-state index >= 15 is 0 Å². The van der Waals surface area contributed by atoms with Gasteiger partial charge < -0.3 is 10.3 Å². The van der Waals surface area contributed by atoms with Crippen molar-refractivity contribution in [1.82, 2.24) is 14.8 Å². The lowest BCUT2D eigenvalue weighted by Crippen LogP contribution is -2.19. The molecular weight excluding hydrogens is 268 g/mol. The Morgan fingerprint density at radius 2 is 2.24 bits per heavy atom. The van der Waals surface area contributed by atoms with Crippen LogP contribution in [0.2, 0.25) is 0 Å². The van der Waals surface area contributed by atoms with Crippen molar-refractivity contribution < 1.29 is 4.79 Å². The molecule has 0 bridgehead atoms. The average Bonchev–Trinajstić information content (AvgIpc) is 2.90. The zero-order valence-electron chi connectivity index (χ0n) is 11.5. The maximum atomic E-state index is 11.9. The molecule has 106 valence electrons. The quantitative estimate of drug-likeness (QED) is 0.767. The fourth-order valence-electron chi connectivity index (χ4n) is 2.25. The van der Waals surface area contributed by atoms with Gasteiger partial charge >= 0.3 is 0 Å². The van der Waals surface area contributed by atoms with Crippen molar-refractivity contribution in [2.75, 3.05) is 5.32 Å². The van der Waals surface area contributed by atoms with Gasteiger partial charge in [0, 0.05) is 29.5 Å². The number of aromatic nitrogens is 3. The number of benzene rings is 1. The molecule has 0 saturated heterocycles. The summed E-state index contributed by atoms with van der Waals surface area (Å²) in [5.41, 5.74) is 2.10. The Kier molecular flexibility index (Phi) is 3.27. The number of H-pyrrole nitrogens is 1. The highest BCUT2D eigenvalue weighted by Crippen LogP contribution is 2.19. The molecule has 2 aromatic heterocycles. The van der Waals surface area contributed by atoms with Crippen LogP contribution in [0.3, 0.4) is 0 Å². The van der Waals surface area contributed by atoms with Crippen LogP contribution in [-0.2, 0) is 11.3 Å². The molecule has 0 atom stereocenters.